The van der Waals surface area contributed by atoms with E-state index in [1.165, 1.54) is 64.2 Å². The molecule has 0 bridgehead atoms. The van der Waals surface area contributed by atoms with Crippen LogP contribution < -0.4 is 0 Å². The van der Waals surface area contributed by atoms with Gasteiger partial charge in [0.1, 0.15) is 0 Å². The van der Waals surface area contributed by atoms with E-state index >= 15 is 0 Å². The Bertz CT molecular complexity index is 615. The normalized spacial score (nSPS) is 19.1. The Hall–Kier alpha value is 0.260. The Morgan fingerprint density at radius 2 is 0.914 bits per heavy atom. The van der Waals surface area contributed by atoms with Gasteiger partial charge < -0.3 is 9.79 Å². The molecule has 0 rings (SSSR count). The summed E-state index contributed by atoms with van der Waals surface area (Å²) in [4.78, 5) is 18.6. The molecule has 35 heavy (non-hydrogen) atoms. The van der Waals surface area contributed by atoms with Crippen molar-refractivity contribution in [3.05, 3.63) is 0 Å². The molecule has 0 spiro atoms. The van der Waals surface area contributed by atoms with Crippen molar-refractivity contribution >= 4 is 15.6 Å². The first kappa shape index (κ1) is 35.3. The molecule has 6 atom stereocenters. The molecule has 0 aliphatic carbocycles. The fourth-order valence-electron chi connectivity index (χ4n) is 4.45. The van der Waals surface area contributed by atoms with Crippen LogP contribution in [0.25, 0.3) is 0 Å². The zero-order valence-electron chi connectivity index (χ0n) is 23.6. The second-order valence-electron chi connectivity index (χ2n) is 11.4. The molecule has 0 aliphatic heterocycles. The third kappa shape index (κ3) is 22.0. The standard InChI is InChI=1S/C26H56O7P2/c1-22(2)12-8-13-23(3)14-9-15-24(4)16-10-17-25(5)18-11-19-26(6)20-21-32-35(29,30)33-34(27,28)31-7/h22-26H,8-21H2,1-7H3,(H,27,28)(H,29,30)/t23-,24-,25+,26-/m1/s1. The third-order valence-electron chi connectivity index (χ3n) is 6.96. The van der Waals surface area contributed by atoms with Crippen molar-refractivity contribution in [1.29, 1.82) is 0 Å². The van der Waals surface area contributed by atoms with E-state index in [-0.39, 0.29) is 6.61 Å². The highest BCUT2D eigenvalue weighted by Gasteiger charge is 2.34. The van der Waals surface area contributed by atoms with Crippen LogP contribution in [0, 0.1) is 29.6 Å². The molecule has 0 amide bonds. The van der Waals surface area contributed by atoms with Crippen LogP contribution in [0.1, 0.15) is 125 Å². The summed E-state index contributed by atoms with van der Waals surface area (Å²) in [5, 5.41) is 0. The summed E-state index contributed by atoms with van der Waals surface area (Å²) < 4.78 is 36.0. The lowest BCUT2D eigenvalue weighted by Gasteiger charge is -2.17. The van der Waals surface area contributed by atoms with E-state index in [9.17, 15) is 14.0 Å². The smallest absolute Gasteiger partial charge is 0.302 e. The zero-order chi connectivity index (χ0) is 26.9. The fourth-order valence-corrected chi connectivity index (χ4v) is 6.29. The molecule has 0 saturated carbocycles. The van der Waals surface area contributed by atoms with E-state index in [2.05, 4.69) is 50.4 Å². The van der Waals surface area contributed by atoms with Gasteiger partial charge in [-0.1, -0.05) is 119 Å². The fraction of sp³-hybridized carbons (Fsp3) is 1.00. The van der Waals surface area contributed by atoms with Crippen molar-refractivity contribution in [1.82, 2.24) is 0 Å². The number of hydrogen-bond acceptors (Lipinski definition) is 5. The van der Waals surface area contributed by atoms with Crippen LogP contribution in [0.15, 0.2) is 0 Å². The summed E-state index contributed by atoms with van der Waals surface area (Å²) in [5.74, 6) is 3.56. The molecule has 0 aromatic heterocycles. The largest absolute Gasteiger partial charge is 0.481 e. The van der Waals surface area contributed by atoms with Crippen molar-refractivity contribution < 1.29 is 32.3 Å². The van der Waals surface area contributed by atoms with Gasteiger partial charge in [-0.2, -0.15) is 4.31 Å². The van der Waals surface area contributed by atoms with Crippen LogP contribution >= 0.6 is 15.6 Å². The van der Waals surface area contributed by atoms with Crippen LogP contribution in [0.4, 0.5) is 0 Å². The Kier molecular flexibility index (Phi) is 19.5. The van der Waals surface area contributed by atoms with Gasteiger partial charge in [0.05, 0.1) is 6.61 Å². The van der Waals surface area contributed by atoms with Gasteiger partial charge in [0.2, 0.25) is 0 Å². The predicted molar refractivity (Wildman–Crippen MR) is 145 cm³/mol. The Morgan fingerprint density at radius 1 is 0.571 bits per heavy atom. The minimum Gasteiger partial charge on any atom is -0.302 e. The molecule has 0 aromatic carbocycles. The monoisotopic (exact) mass is 542 g/mol. The molecule has 0 saturated heterocycles. The SMILES string of the molecule is COP(=O)(O)OP(=O)(O)OCC[C@H](C)CCC[C@@H](C)CCC[C@H](C)CCC[C@H](C)CCCC(C)C. The predicted octanol–water partition coefficient (Wildman–Crippen LogP) is 9.14. The van der Waals surface area contributed by atoms with Crippen LogP contribution in [-0.2, 0) is 22.5 Å². The Balaban J connectivity index is 3.80. The van der Waals surface area contributed by atoms with Crippen molar-refractivity contribution in [3.8, 4) is 0 Å². The molecule has 0 heterocycles. The van der Waals surface area contributed by atoms with Gasteiger partial charge in [-0.3, -0.25) is 9.05 Å². The highest BCUT2D eigenvalue weighted by atomic mass is 31.3. The van der Waals surface area contributed by atoms with E-state index in [1.54, 1.807) is 0 Å². The maximum atomic E-state index is 11.7. The van der Waals surface area contributed by atoms with E-state index < -0.39 is 15.6 Å². The number of hydrogen-bond donors (Lipinski definition) is 2. The minimum absolute atomic E-state index is 0.0111. The number of phosphoric ester groups is 2. The molecule has 0 aromatic rings. The molecule has 0 radical (unpaired) electrons. The summed E-state index contributed by atoms with van der Waals surface area (Å²) in [5.41, 5.74) is 0. The van der Waals surface area contributed by atoms with Gasteiger partial charge in [0.15, 0.2) is 0 Å². The second-order valence-corrected chi connectivity index (χ2v) is 14.5. The molecule has 2 N–H and O–H groups in total. The average molecular weight is 543 g/mol. The van der Waals surface area contributed by atoms with Gasteiger partial charge in [-0.05, 0) is 36.0 Å². The van der Waals surface area contributed by atoms with Crippen molar-refractivity contribution in [2.24, 2.45) is 29.6 Å². The minimum atomic E-state index is -4.61. The Labute approximate surface area is 216 Å². The van der Waals surface area contributed by atoms with Crippen molar-refractivity contribution in [2.75, 3.05) is 13.7 Å². The summed E-state index contributed by atoms with van der Waals surface area (Å²) in [6.07, 6.45) is 16.0. The van der Waals surface area contributed by atoms with Crippen LogP contribution in [0.3, 0.4) is 0 Å². The molecule has 0 fully saturated rings. The summed E-state index contributed by atoms with van der Waals surface area (Å²) in [6.45, 7) is 13.8. The maximum absolute atomic E-state index is 11.7. The number of rotatable bonds is 23. The molecule has 9 heteroatoms. The maximum Gasteiger partial charge on any atom is 0.481 e. The molecular weight excluding hydrogens is 486 g/mol. The van der Waals surface area contributed by atoms with Gasteiger partial charge in [-0.15, -0.1) is 0 Å². The van der Waals surface area contributed by atoms with Crippen molar-refractivity contribution in [2.45, 2.75) is 125 Å². The molecule has 0 aliphatic rings. The second kappa shape index (κ2) is 19.3. The third-order valence-corrected chi connectivity index (χ3v) is 9.58. The lowest BCUT2D eigenvalue weighted by molar-refractivity contribution is 0.161. The van der Waals surface area contributed by atoms with E-state index in [1.807, 2.05) is 0 Å². The highest BCUT2D eigenvalue weighted by molar-refractivity contribution is 7.61. The van der Waals surface area contributed by atoms with Crippen LogP contribution in [-0.4, -0.2) is 23.5 Å². The first-order valence-corrected chi connectivity index (χ1v) is 16.8. The van der Waals surface area contributed by atoms with E-state index in [4.69, 9.17) is 9.42 Å². The number of phosphoric acid groups is 2. The lowest BCUT2D eigenvalue weighted by Crippen LogP contribution is -2.04. The molecular formula is C26H56O7P2. The van der Waals surface area contributed by atoms with Gasteiger partial charge in [0, 0.05) is 7.11 Å². The quantitative estimate of drug-likeness (QED) is 0.124. The van der Waals surface area contributed by atoms with E-state index in [0.29, 0.717) is 18.3 Å². The van der Waals surface area contributed by atoms with Crippen molar-refractivity contribution in [3.63, 3.8) is 0 Å². The van der Waals surface area contributed by atoms with Gasteiger partial charge >= 0.3 is 15.6 Å². The highest BCUT2D eigenvalue weighted by Crippen LogP contribution is 2.60. The average Bonchev–Trinajstić information content (AvgIpc) is 2.72. The first-order chi connectivity index (χ1) is 16.3. The summed E-state index contributed by atoms with van der Waals surface area (Å²) >= 11 is 0. The van der Waals surface area contributed by atoms with E-state index in [0.717, 1.165) is 37.7 Å². The molecule has 2 unspecified atom stereocenters. The molecule has 7 nitrogen and oxygen atoms in total. The lowest BCUT2D eigenvalue weighted by atomic mass is 9.90. The summed E-state index contributed by atoms with van der Waals surface area (Å²) in [7, 11) is -8.25. The van der Waals surface area contributed by atoms with Crippen LogP contribution in [0.5, 0.6) is 0 Å². The zero-order valence-corrected chi connectivity index (χ0v) is 25.4. The Morgan fingerprint density at radius 3 is 1.26 bits per heavy atom. The topological polar surface area (TPSA) is 102 Å². The molecule has 212 valence electrons. The first-order valence-electron chi connectivity index (χ1n) is 13.8. The van der Waals surface area contributed by atoms with Gasteiger partial charge in [0.25, 0.3) is 0 Å². The van der Waals surface area contributed by atoms with Gasteiger partial charge in [-0.25, -0.2) is 9.13 Å². The summed E-state index contributed by atoms with van der Waals surface area (Å²) in [6, 6.07) is 0. The van der Waals surface area contributed by atoms with Crippen LogP contribution in [0.2, 0.25) is 0 Å².